The molecule has 1 fully saturated rings. The predicted octanol–water partition coefficient (Wildman–Crippen LogP) is 1.67. The standard InChI is InChI=1S/C17H28N4O.2ClH/c1-14(18)8-9-19-17(22)16(15-6-4-3-5-7-15)21-12-10-20(2)11-13-21;;/h3-7,14,16H,8-13,18H2,1-2H3,(H,19,22);2*1H. The first-order valence-corrected chi connectivity index (χ1v) is 8.08. The highest BCUT2D eigenvalue weighted by atomic mass is 35.5. The number of piperazine rings is 1. The lowest BCUT2D eigenvalue weighted by Crippen LogP contribution is -2.50. The van der Waals surface area contributed by atoms with Crippen molar-refractivity contribution >= 4 is 30.7 Å². The monoisotopic (exact) mass is 376 g/mol. The second kappa shape index (κ2) is 11.7. The van der Waals surface area contributed by atoms with Crippen molar-refractivity contribution in [2.45, 2.75) is 25.4 Å². The highest BCUT2D eigenvalue weighted by Gasteiger charge is 2.29. The lowest BCUT2D eigenvalue weighted by Gasteiger charge is -2.37. The number of hydrogen-bond acceptors (Lipinski definition) is 4. The highest BCUT2D eigenvalue weighted by Crippen LogP contribution is 2.22. The zero-order valence-electron chi connectivity index (χ0n) is 14.5. The van der Waals surface area contributed by atoms with Crippen molar-refractivity contribution in [2.75, 3.05) is 39.8 Å². The normalized spacial score (nSPS) is 18.0. The molecule has 138 valence electrons. The maximum atomic E-state index is 12.7. The molecule has 2 atom stereocenters. The number of carbonyl (C=O) groups excluding carboxylic acids is 1. The van der Waals surface area contributed by atoms with Gasteiger partial charge in [-0.25, -0.2) is 0 Å². The molecule has 0 radical (unpaired) electrons. The van der Waals surface area contributed by atoms with E-state index < -0.39 is 0 Å². The van der Waals surface area contributed by atoms with Crippen LogP contribution < -0.4 is 11.1 Å². The third-order valence-electron chi connectivity index (χ3n) is 4.17. The first-order valence-electron chi connectivity index (χ1n) is 8.08. The Labute approximate surface area is 157 Å². The van der Waals surface area contributed by atoms with Gasteiger partial charge in [-0.15, -0.1) is 24.8 Å². The molecule has 0 bridgehead atoms. The van der Waals surface area contributed by atoms with Gasteiger partial charge >= 0.3 is 0 Å². The van der Waals surface area contributed by atoms with Gasteiger partial charge in [0.25, 0.3) is 0 Å². The van der Waals surface area contributed by atoms with Gasteiger partial charge in [0.15, 0.2) is 0 Å². The molecule has 1 aliphatic rings. The van der Waals surface area contributed by atoms with Crippen molar-refractivity contribution in [1.29, 1.82) is 0 Å². The quantitative estimate of drug-likeness (QED) is 0.792. The SMILES string of the molecule is CC(N)CCNC(=O)C(c1ccccc1)N1CCN(C)CC1.Cl.Cl. The van der Waals surface area contributed by atoms with Gasteiger partial charge in [-0.3, -0.25) is 9.69 Å². The van der Waals surface area contributed by atoms with Gasteiger partial charge in [0.05, 0.1) is 0 Å². The van der Waals surface area contributed by atoms with Crippen molar-refractivity contribution in [1.82, 2.24) is 15.1 Å². The summed E-state index contributed by atoms with van der Waals surface area (Å²) in [6, 6.07) is 9.95. The van der Waals surface area contributed by atoms with Crippen molar-refractivity contribution in [3.63, 3.8) is 0 Å². The third kappa shape index (κ3) is 6.95. The Balaban J connectivity index is 0.00000264. The lowest BCUT2D eigenvalue weighted by atomic mass is 10.0. The minimum Gasteiger partial charge on any atom is -0.354 e. The van der Waals surface area contributed by atoms with Gasteiger partial charge in [-0.1, -0.05) is 30.3 Å². The van der Waals surface area contributed by atoms with Crippen LogP contribution >= 0.6 is 24.8 Å². The Hall–Kier alpha value is -0.850. The molecule has 1 amide bonds. The van der Waals surface area contributed by atoms with Crippen LogP contribution in [0, 0.1) is 0 Å². The molecule has 0 aromatic heterocycles. The van der Waals surface area contributed by atoms with Crippen LogP contribution in [0.3, 0.4) is 0 Å². The summed E-state index contributed by atoms with van der Waals surface area (Å²) < 4.78 is 0. The number of benzene rings is 1. The molecule has 1 heterocycles. The van der Waals surface area contributed by atoms with Crippen molar-refractivity contribution in [3.8, 4) is 0 Å². The van der Waals surface area contributed by atoms with Gasteiger partial charge < -0.3 is 16.0 Å². The molecule has 2 rings (SSSR count). The lowest BCUT2D eigenvalue weighted by molar-refractivity contribution is -0.127. The molecular weight excluding hydrogens is 347 g/mol. The second-order valence-corrected chi connectivity index (χ2v) is 6.21. The van der Waals surface area contributed by atoms with Crippen LogP contribution in [0.2, 0.25) is 0 Å². The number of amides is 1. The fourth-order valence-corrected chi connectivity index (χ4v) is 2.76. The molecule has 7 heteroatoms. The average Bonchev–Trinajstić information content (AvgIpc) is 2.50. The Morgan fingerprint density at radius 2 is 1.75 bits per heavy atom. The van der Waals surface area contributed by atoms with Crippen LogP contribution in [-0.2, 0) is 4.79 Å². The van der Waals surface area contributed by atoms with Gasteiger partial charge in [0.2, 0.25) is 5.91 Å². The van der Waals surface area contributed by atoms with Crippen molar-refractivity contribution < 1.29 is 4.79 Å². The predicted molar refractivity (Wildman–Crippen MR) is 104 cm³/mol. The fraction of sp³-hybridized carbons (Fsp3) is 0.588. The molecule has 1 aromatic rings. The summed E-state index contributed by atoms with van der Waals surface area (Å²) in [4.78, 5) is 17.3. The van der Waals surface area contributed by atoms with Crippen LogP contribution in [0.4, 0.5) is 0 Å². The highest BCUT2D eigenvalue weighted by molar-refractivity contribution is 5.85. The Bertz CT molecular complexity index is 465. The van der Waals surface area contributed by atoms with E-state index in [2.05, 4.69) is 22.2 Å². The summed E-state index contributed by atoms with van der Waals surface area (Å²) in [5.41, 5.74) is 6.82. The van der Waals surface area contributed by atoms with Gasteiger partial charge in [-0.2, -0.15) is 0 Å². The molecule has 1 saturated heterocycles. The van der Waals surface area contributed by atoms with Crippen LogP contribution in [0.15, 0.2) is 30.3 Å². The van der Waals surface area contributed by atoms with E-state index in [0.717, 1.165) is 38.2 Å². The number of likely N-dealkylation sites (N-methyl/N-ethyl adjacent to an activating group) is 1. The van der Waals surface area contributed by atoms with E-state index in [1.165, 1.54) is 0 Å². The molecule has 2 unspecified atom stereocenters. The molecule has 5 nitrogen and oxygen atoms in total. The van der Waals surface area contributed by atoms with Crippen molar-refractivity contribution in [2.24, 2.45) is 5.73 Å². The van der Waals surface area contributed by atoms with E-state index in [1.807, 2.05) is 37.3 Å². The number of halogens is 2. The molecular formula is C17H30Cl2N4O. The topological polar surface area (TPSA) is 61.6 Å². The summed E-state index contributed by atoms with van der Waals surface area (Å²) in [5, 5.41) is 3.05. The largest absolute Gasteiger partial charge is 0.354 e. The third-order valence-corrected chi connectivity index (χ3v) is 4.17. The number of rotatable bonds is 6. The zero-order valence-corrected chi connectivity index (χ0v) is 16.1. The van der Waals surface area contributed by atoms with Gasteiger partial charge in [0, 0.05) is 38.8 Å². The molecule has 0 spiro atoms. The number of nitrogens with zero attached hydrogens (tertiary/aromatic N) is 2. The summed E-state index contributed by atoms with van der Waals surface area (Å²) in [6.45, 7) is 6.41. The fourth-order valence-electron chi connectivity index (χ4n) is 2.76. The Morgan fingerprint density at radius 3 is 2.29 bits per heavy atom. The summed E-state index contributed by atoms with van der Waals surface area (Å²) in [6.07, 6.45) is 0.802. The zero-order chi connectivity index (χ0) is 15.9. The van der Waals surface area contributed by atoms with E-state index in [4.69, 9.17) is 5.73 Å². The minimum atomic E-state index is -0.206. The second-order valence-electron chi connectivity index (χ2n) is 6.21. The molecule has 3 N–H and O–H groups in total. The molecule has 1 aromatic carbocycles. The maximum Gasteiger partial charge on any atom is 0.241 e. The van der Waals surface area contributed by atoms with E-state index in [0.29, 0.717) is 6.54 Å². The van der Waals surface area contributed by atoms with Crippen LogP contribution in [0.25, 0.3) is 0 Å². The van der Waals surface area contributed by atoms with Gasteiger partial charge in [-0.05, 0) is 26.0 Å². The van der Waals surface area contributed by atoms with Crippen molar-refractivity contribution in [3.05, 3.63) is 35.9 Å². The summed E-state index contributed by atoms with van der Waals surface area (Å²) >= 11 is 0. The average molecular weight is 377 g/mol. The molecule has 24 heavy (non-hydrogen) atoms. The van der Waals surface area contributed by atoms with E-state index >= 15 is 0 Å². The Kier molecular flexibility index (Phi) is 11.2. The molecule has 0 saturated carbocycles. The van der Waals surface area contributed by atoms with Crippen LogP contribution in [0.5, 0.6) is 0 Å². The number of nitrogens with one attached hydrogen (secondary N) is 1. The number of nitrogens with two attached hydrogens (primary N) is 1. The summed E-state index contributed by atoms with van der Waals surface area (Å²) in [5.74, 6) is 0.0800. The number of carbonyl (C=O) groups is 1. The van der Waals surface area contributed by atoms with Crippen LogP contribution in [0.1, 0.15) is 24.9 Å². The smallest absolute Gasteiger partial charge is 0.241 e. The van der Waals surface area contributed by atoms with E-state index in [1.54, 1.807) is 0 Å². The maximum absolute atomic E-state index is 12.7. The van der Waals surface area contributed by atoms with Crippen LogP contribution in [-0.4, -0.2) is 61.5 Å². The molecule has 1 aliphatic heterocycles. The van der Waals surface area contributed by atoms with E-state index in [-0.39, 0.29) is 42.8 Å². The Morgan fingerprint density at radius 1 is 1.17 bits per heavy atom. The van der Waals surface area contributed by atoms with E-state index in [9.17, 15) is 4.79 Å². The summed E-state index contributed by atoms with van der Waals surface area (Å²) in [7, 11) is 2.12. The minimum absolute atomic E-state index is 0. The first-order chi connectivity index (χ1) is 10.6. The first kappa shape index (κ1) is 23.1. The number of hydrogen-bond donors (Lipinski definition) is 2. The van der Waals surface area contributed by atoms with Gasteiger partial charge in [0.1, 0.15) is 6.04 Å². The molecule has 0 aliphatic carbocycles.